The largest absolute Gasteiger partial charge is 0.479 e. The maximum Gasteiger partial charge on any atom is 0.332 e. The van der Waals surface area contributed by atoms with Crippen LogP contribution in [0.2, 0.25) is 0 Å². The molecule has 0 rings (SSSR count). The number of hydrogen-bond acceptors (Lipinski definition) is 6. The van der Waals surface area contributed by atoms with Crippen molar-refractivity contribution >= 4 is 17.9 Å². The van der Waals surface area contributed by atoms with Gasteiger partial charge in [0, 0.05) is 32.7 Å². The van der Waals surface area contributed by atoms with Crippen molar-refractivity contribution in [2.24, 2.45) is 0 Å². The third-order valence-corrected chi connectivity index (χ3v) is 1.07. The van der Waals surface area contributed by atoms with Crippen molar-refractivity contribution in [3.05, 3.63) is 0 Å². The second-order valence-corrected chi connectivity index (χ2v) is 3.04. The van der Waals surface area contributed by atoms with Crippen molar-refractivity contribution in [2.45, 2.75) is 39.1 Å². The van der Waals surface area contributed by atoms with Gasteiger partial charge in [-0.05, 0) is 20.8 Å². The van der Waals surface area contributed by atoms with Gasteiger partial charge in [0.15, 0.2) is 0 Å². The van der Waals surface area contributed by atoms with Crippen LogP contribution in [-0.4, -0.2) is 66.9 Å². The van der Waals surface area contributed by atoms with E-state index in [4.69, 9.17) is 30.6 Å². The maximum atomic E-state index is 9.45. The van der Waals surface area contributed by atoms with Gasteiger partial charge in [-0.1, -0.05) is 0 Å². The monoisotopic (exact) mass is 359 g/mol. The Balaban J connectivity index is -0.0000000865. The van der Waals surface area contributed by atoms with Gasteiger partial charge in [0.25, 0.3) is 0 Å². The molecule has 0 bridgehead atoms. The molecule has 111 valence electrons. The first kappa shape index (κ1) is 26.9. The van der Waals surface area contributed by atoms with Gasteiger partial charge in [-0.3, -0.25) is 0 Å². The molecule has 0 aromatic heterocycles. The quantitative estimate of drug-likeness (QED) is 0.345. The van der Waals surface area contributed by atoms with Gasteiger partial charge in [0.2, 0.25) is 0 Å². The van der Waals surface area contributed by atoms with Crippen LogP contribution in [0, 0.1) is 0 Å². The van der Waals surface area contributed by atoms with E-state index in [1.54, 1.807) is 0 Å². The minimum absolute atomic E-state index is 0. The molecule has 0 aromatic carbocycles. The van der Waals surface area contributed by atoms with E-state index in [1.807, 2.05) is 0 Å². The number of carboxylic acids is 3. The third kappa shape index (κ3) is 31.8. The predicted octanol–water partition coefficient (Wildman–Crippen LogP) is -1.65. The molecule has 0 amide bonds. The molecule has 0 saturated heterocycles. The van der Waals surface area contributed by atoms with Gasteiger partial charge in [-0.15, -0.1) is 0 Å². The summed E-state index contributed by atoms with van der Waals surface area (Å²) in [7, 11) is 0. The molecule has 3 unspecified atom stereocenters. The Hall–Kier alpha value is -0.606. The van der Waals surface area contributed by atoms with Crippen LogP contribution in [0.5, 0.6) is 0 Å². The van der Waals surface area contributed by atoms with E-state index in [2.05, 4.69) is 0 Å². The average Bonchev–Trinajstić information content (AvgIpc) is 2.18. The molecule has 0 spiro atoms. The SMILES string of the molecule is CC(O)C(=O)O.CC(O)C(=O)O.CC(O)C(=O)O.[Y]. The van der Waals surface area contributed by atoms with Crippen LogP contribution in [0.15, 0.2) is 0 Å². The van der Waals surface area contributed by atoms with E-state index in [9.17, 15) is 14.4 Å². The van der Waals surface area contributed by atoms with Gasteiger partial charge in [0.05, 0.1) is 0 Å². The zero-order chi connectivity index (χ0) is 15.5. The van der Waals surface area contributed by atoms with Crippen molar-refractivity contribution in [3.8, 4) is 0 Å². The predicted molar refractivity (Wildman–Crippen MR) is 57.9 cm³/mol. The van der Waals surface area contributed by atoms with Crippen LogP contribution >= 0.6 is 0 Å². The summed E-state index contributed by atoms with van der Waals surface area (Å²) in [5.74, 6) is -3.56. The fraction of sp³-hybridized carbons (Fsp3) is 0.667. The van der Waals surface area contributed by atoms with Gasteiger partial charge in [-0.2, -0.15) is 0 Å². The molecule has 10 heteroatoms. The number of aliphatic carboxylic acids is 3. The normalized spacial score (nSPS) is 12.9. The summed E-state index contributed by atoms with van der Waals surface area (Å²) in [6.07, 6.45) is -3.69. The summed E-state index contributed by atoms with van der Waals surface area (Å²) in [6.45, 7) is 3.59. The van der Waals surface area contributed by atoms with E-state index >= 15 is 0 Å². The van der Waals surface area contributed by atoms with Gasteiger partial charge >= 0.3 is 17.9 Å². The van der Waals surface area contributed by atoms with Gasteiger partial charge < -0.3 is 30.6 Å². The zero-order valence-corrected chi connectivity index (χ0v) is 13.6. The van der Waals surface area contributed by atoms with Crippen molar-refractivity contribution in [3.63, 3.8) is 0 Å². The molecule has 0 fully saturated rings. The summed E-state index contributed by atoms with van der Waals surface area (Å²) in [5.41, 5.74) is 0. The number of hydrogen-bond donors (Lipinski definition) is 6. The Morgan fingerprint density at radius 3 is 0.684 bits per heavy atom. The van der Waals surface area contributed by atoms with Gasteiger partial charge in [-0.25, -0.2) is 14.4 Å². The van der Waals surface area contributed by atoms with Crippen LogP contribution in [0.4, 0.5) is 0 Å². The molecule has 0 saturated carbocycles. The minimum atomic E-state index is -1.23. The zero-order valence-electron chi connectivity index (χ0n) is 10.7. The van der Waals surface area contributed by atoms with E-state index in [1.165, 1.54) is 20.8 Å². The Bertz CT molecular complexity index is 220. The molecule has 0 aliphatic rings. The average molecular weight is 359 g/mol. The molecular weight excluding hydrogens is 341 g/mol. The minimum Gasteiger partial charge on any atom is -0.479 e. The molecule has 1 radical (unpaired) electrons. The summed E-state index contributed by atoms with van der Waals surface area (Å²) in [5, 5.41) is 47.3. The molecule has 0 aliphatic heterocycles. The van der Waals surface area contributed by atoms with Crippen molar-refractivity contribution in [2.75, 3.05) is 0 Å². The molecule has 6 N–H and O–H groups in total. The molecule has 0 aliphatic carbocycles. The van der Waals surface area contributed by atoms with Crippen molar-refractivity contribution in [1.82, 2.24) is 0 Å². The fourth-order valence-electron chi connectivity index (χ4n) is 0. The third-order valence-electron chi connectivity index (χ3n) is 1.07. The smallest absolute Gasteiger partial charge is 0.332 e. The number of carboxylic acid groups (broad SMARTS) is 3. The standard InChI is InChI=1S/3C3H6O3.Y/c3*1-2(4)3(5)6;/h3*2,4H,1H3,(H,5,6);. The number of aliphatic hydroxyl groups is 3. The van der Waals surface area contributed by atoms with Crippen molar-refractivity contribution in [1.29, 1.82) is 0 Å². The topological polar surface area (TPSA) is 173 Å². The summed E-state index contributed by atoms with van der Waals surface area (Å²) < 4.78 is 0. The first-order valence-electron chi connectivity index (χ1n) is 4.66. The van der Waals surface area contributed by atoms with Crippen LogP contribution in [-0.2, 0) is 47.1 Å². The first-order chi connectivity index (χ1) is 7.93. The number of aliphatic hydroxyl groups excluding tert-OH is 3. The molecule has 3 atom stereocenters. The van der Waals surface area contributed by atoms with E-state index < -0.39 is 36.2 Å². The van der Waals surface area contributed by atoms with E-state index in [0.717, 1.165) is 0 Å². The second-order valence-electron chi connectivity index (χ2n) is 3.04. The summed E-state index contributed by atoms with van der Waals surface area (Å²) in [6, 6.07) is 0. The second kappa shape index (κ2) is 15.5. The molecule has 0 heterocycles. The van der Waals surface area contributed by atoms with Crippen molar-refractivity contribution < 1.29 is 77.7 Å². The molecule has 19 heavy (non-hydrogen) atoms. The van der Waals surface area contributed by atoms with Gasteiger partial charge in [0.1, 0.15) is 18.3 Å². The first-order valence-corrected chi connectivity index (χ1v) is 4.66. The van der Waals surface area contributed by atoms with Crippen LogP contribution in [0.25, 0.3) is 0 Å². The fourth-order valence-corrected chi connectivity index (χ4v) is 0. The maximum absolute atomic E-state index is 9.45. The molecular formula is C9H18O9Y. The van der Waals surface area contributed by atoms with Crippen LogP contribution in [0.3, 0.4) is 0 Å². The summed E-state index contributed by atoms with van der Waals surface area (Å²) in [4.78, 5) is 28.3. The Morgan fingerprint density at radius 2 is 0.684 bits per heavy atom. The molecule has 0 aromatic rings. The van der Waals surface area contributed by atoms with Crippen LogP contribution in [0.1, 0.15) is 20.8 Å². The molecule has 9 nitrogen and oxygen atoms in total. The number of carbonyl (C=O) groups is 3. The Labute approximate surface area is 134 Å². The number of rotatable bonds is 3. The summed E-state index contributed by atoms with van der Waals surface area (Å²) >= 11 is 0. The van der Waals surface area contributed by atoms with Crippen LogP contribution < -0.4 is 0 Å². The Morgan fingerprint density at radius 1 is 0.632 bits per heavy atom. The Kier molecular flexibility index (Phi) is 21.8. The van der Waals surface area contributed by atoms with E-state index in [-0.39, 0.29) is 32.7 Å². The van der Waals surface area contributed by atoms with E-state index in [0.29, 0.717) is 0 Å².